The molecule has 1 aliphatic heterocycles. The van der Waals surface area contributed by atoms with Crippen LogP contribution in [0.1, 0.15) is 52.0 Å². The molecule has 1 heterocycles. The molecule has 2 unspecified atom stereocenters. The van der Waals surface area contributed by atoms with Crippen LogP contribution in [0.5, 0.6) is 0 Å². The molecule has 0 aromatic heterocycles. The summed E-state index contributed by atoms with van der Waals surface area (Å²) in [6.07, 6.45) is 6.32. The van der Waals surface area contributed by atoms with Gasteiger partial charge < -0.3 is 10.2 Å². The second-order valence-corrected chi connectivity index (χ2v) is 6.17. The quantitative estimate of drug-likeness (QED) is 0.843. The topological polar surface area (TPSA) is 15.3 Å². The van der Waals surface area contributed by atoms with Gasteiger partial charge in [-0.15, -0.1) is 0 Å². The van der Waals surface area contributed by atoms with E-state index in [9.17, 15) is 0 Å². The van der Waals surface area contributed by atoms with Crippen LogP contribution in [-0.2, 0) is 6.42 Å². The van der Waals surface area contributed by atoms with Crippen molar-refractivity contribution >= 4 is 5.69 Å². The van der Waals surface area contributed by atoms with Gasteiger partial charge in [0.1, 0.15) is 0 Å². The van der Waals surface area contributed by atoms with E-state index < -0.39 is 0 Å². The fraction of sp³-hybridized carbons (Fsp3) is 0.667. The number of rotatable bonds is 6. The van der Waals surface area contributed by atoms with Gasteiger partial charge in [0, 0.05) is 30.9 Å². The van der Waals surface area contributed by atoms with E-state index in [1.165, 1.54) is 43.4 Å². The highest BCUT2D eigenvalue weighted by atomic mass is 15.2. The second-order valence-electron chi connectivity index (χ2n) is 6.17. The van der Waals surface area contributed by atoms with Gasteiger partial charge in [-0.1, -0.05) is 38.8 Å². The number of hydrogen-bond donors (Lipinski definition) is 1. The summed E-state index contributed by atoms with van der Waals surface area (Å²) in [6.45, 7) is 9.09. The number of nitrogens with one attached hydrogen (secondary N) is 1. The summed E-state index contributed by atoms with van der Waals surface area (Å²) in [4.78, 5) is 2.57. The first-order chi connectivity index (χ1) is 9.74. The van der Waals surface area contributed by atoms with Gasteiger partial charge in [-0.05, 0) is 43.9 Å². The zero-order valence-corrected chi connectivity index (χ0v) is 13.4. The fourth-order valence-corrected chi connectivity index (χ4v) is 3.07. The lowest BCUT2D eigenvalue weighted by Gasteiger charge is -2.40. The lowest BCUT2D eigenvalue weighted by Crippen LogP contribution is -2.55. The van der Waals surface area contributed by atoms with Gasteiger partial charge in [-0.3, -0.25) is 0 Å². The highest BCUT2D eigenvalue weighted by Gasteiger charge is 2.24. The summed E-state index contributed by atoms with van der Waals surface area (Å²) in [5, 5.41) is 3.67. The Kier molecular flexibility index (Phi) is 5.90. The highest BCUT2D eigenvalue weighted by molar-refractivity contribution is 5.49. The van der Waals surface area contributed by atoms with E-state index in [2.05, 4.69) is 55.3 Å². The average molecular weight is 274 g/mol. The molecular formula is C18H30N2. The van der Waals surface area contributed by atoms with E-state index in [4.69, 9.17) is 0 Å². The predicted octanol–water partition coefficient (Wildman–Crippen LogP) is 4.00. The number of aryl methyl sites for hydroxylation is 1. The van der Waals surface area contributed by atoms with Crippen molar-refractivity contribution in [2.24, 2.45) is 0 Å². The number of unbranched alkanes of at least 4 members (excludes halogenated alkanes) is 1. The van der Waals surface area contributed by atoms with E-state index in [0.717, 1.165) is 13.1 Å². The van der Waals surface area contributed by atoms with Crippen LogP contribution in [0.4, 0.5) is 5.69 Å². The predicted molar refractivity (Wildman–Crippen MR) is 88.6 cm³/mol. The van der Waals surface area contributed by atoms with Crippen LogP contribution in [-0.4, -0.2) is 25.2 Å². The van der Waals surface area contributed by atoms with Gasteiger partial charge in [-0.25, -0.2) is 0 Å². The molecule has 1 aromatic rings. The van der Waals surface area contributed by atoms with Crippen LogP contribution in [0.2, 0.25) is 0 Å². The molecule has 0 saturated carbocycles. The molecule has 2 atom stereocenters. The molecule has 2 nitrogen and oxygen atoms in total. The smallest absolute Gasteiger partial charge is 0.0387 e. The van der Waals surface area contributed by atoms with Gasteiger partial charge in [0.25, 0.3) is 0 Å². The minimum atomic E-state index is 0.588. The molecule has 1 aromatic carbocycles. The van der Waals surface area contributed by atoms with Gasteiger partial charge in [-0.2, -0.15) is 0 Å². The third-order valence-electron chi connectivity index (χ3n) is 4.38. The average Bonchev–Trinajstić information content (AvgIpc) is 2.48. The summed E-state index contributed by atoms with van der Waals surface area (Å²) >= 11 is 0. The second kappa shape index (κ2) is 7.68. The summed E-state index contributed by atoms with van der Waals surface area (Å²) in [6, 6.07) is 10.5. The molecule has 0 aliphatic carbocycles. The molecule has 1 N–H and O–H groups in total. The van der Waals surface area contributed by atoms with Crippen molar-refractivity contribution in [3.63, 3.8) is 0 Å². The Bertz CT molecular complexity index is 385. The minimum absolute atomic E-state index is 0.588. The molecule has 2 rings (SSSR count). The van der Waals surface area contributed by atoms with Crippen LogP contribution in [0, 0.1) is 0 Å². The monoisotopic (exact) mass is 274 g/mol. The Morgan fingerprint density at radius 2 is 1.90 bits per heavy atom. The van der Waals surface area contributed by atoms with Crippen LogP contribution in [0.15, 0.2) is 24.3 Å². The Balaban J connectivity index is 2.01. The molecule has 1 saturated heterocycles. The van der Waals surface area contributed by atoms with E-state index in [-0.39, 0.29) is 0 Å². The molecule has 1 fully saturated rings. The Hall–Kier alpha value is -1.02. The summed E-state index contributed by atoms with van der Waals surface area (Å²) in [7, 11) is 0. The van der Waals surface area contributed by atoms with E-state index >= 15 is 0 Å². The molecule has 112 valence electrons. The third-order valence-corrected chi connectivity index (χ3v) is 4.38. The number of benzene rings is 1. The summed E-state index contributed by atoms with van der Waals surface area (Å²) in [5.74, 6) is 0. The van der Waals surface area contributed by atoms with Crippen LogP contribution in [0.25, 0.3) is 0 Å². The van der Waals surface area contributed by atoms with Crippen molar-refractivity contribution in [2.75, 3.05) is 18.0 Å². The van der Waals surface area contributed by atoms with Crippen molar-refractivity contribution in [3.05, 3.63) is 29.8 Å². The van der Waals surface area contributed by atoms with Crippen LogP contribution < -0.4 is 10.2 Å². The van der Waals surface area contributed by atoms with Gasteiger partial charge in [0.15, 0.2) is 0 Å². The Morgan fingerprint density at radius 3 is 2.55 bits per heavy atom. The minimum Gasteiger partial charge on any atom is -0.366 e. The Morgan fingerprint density at radius 1 is 1.15 bits per heavy atom. The summed E-state index contributed by atoms with van der Waals surface area (Å²) in [5.41, 5.74) is 2.86. The largest absolute Gasteiger partial charge is 0.366 e. The first kappa shape index (κ1) is 15.4. The molecule has 0 spiro atoms. The number of anilines is 1. The lowest BCUT2D eigenvalue weighted by molar-refractivity contribution is 0.386. The number of piperazine rings is 1. The molecule has 0 bridgehead atoms. The molecule has 20 heavy (non-hydrogen) atoms. The molecular weight excluding hydrogens is 244 g/mol. The van der Waals surface area contributed by atoms with Gasteiger partial charge >= 0.3 is 0 Å². The first-order valence-electron chi connectivity index (χ1n) is 8.33. The van der Waals surface area contributed by atoms with E-state index in [0.29, 0.717) is 12.1 Å². The van der Waals surface area contributed by atoms with Crippen LogP contribution >= 0.6 is 0 Å². The van der Waals surface area contributed by atoms with Crippen molar-refractivity contribution in [1.82, 2.24) is 5.32 Å². The van der Waals surface area contributed by atoms with Crippen molar-refractivity contribution in [3.8, 4) is 0 Å². The number of nitrogens with zero attached hydrogens (tertiary/aromatic N) is 1. The first-order valence-corrected chi connectivity index (χ1v) is 8.33. The van der Waals surface area contributed by atoms with Crippen LogP contribution in [0.3, 0.4) is 0 Å². The molecule has 1 aliphatic rings. The van der Waals surface area contributed by atoms with Crippen molar-refractivity contribution < 1.29 is 0 Å². The maximum atomic E-state index is 3.67. The normalized spacial score (nSPS) is 23.1. The molecule has 2 heteroatoms. The number of hydrogen-bond acceptors (Lipinski definition) is 2. The third kappa shape index (κ3) is 3.99. The fourth-order valence-electron chi connectivity index (χ4n) is 3.07. The maximum Gasteiger partial charge on any atom is 0.0387 e. The van der Waals surface area contributed by atoms with Crippen molar-refractivity contribution in [2.45, 2.75) is 65.0 Å². The SMILES string of the molecule is CCCCc1ccc(N2CC(CCC)NCC2C)cc1. The standard InChI is InChI=1S/C18H30N2/c1-4-6-8-16-9-11-18(12-10-16)20-14-17(7-5-2)19-13-15(20)3/h9-12,15,17,19H,4-8,13-14H2,1-3H3. The highest BCUT2D eigenvalue weighted by Crippen LogP contribution is 2.22. The Labute approximate surface area is 124 Å². The van der Waals surface area contributed by atoms with Gasteiger partial charge in [0.05, 0.1) is 0 Å². The summed E-state index contributed by atoms with van der Waals surface area (Å²) < 4.78 is 0. The maximum absolute atomic E-state index is 3.67. The zero-order valence-electron chi connectivity index (χ0n) is 13.4. The van der Waals surface area contributed by atoms with Crippen molar-refractivity contribution in [1.29, 1.82) is 0 Å². The van der Waals surface area contributed by atoms with Gasteiger partial charge in [0.2, 0.25) is 0 Å². The van der Waals surface area contributed by atoms with E-state index in [1.807, 2.05) is 0 Å². The zero-order chi connectivity index (χ0) is 14.4. The molecule has 0 amide bonds. The van der Waals surface area contributed by atoms with E-state index in [1.54, 1.807) is 0 Å². The molecule has 0 radical (unpaired) electrons. The lowest BCUT2D eigenvalue weighted by atomic mass is 10.0.